The van der Waals surface area contributed by atoms with Crippen molar-refractivity contribution in [3.63, 3.8) is 0 Å². The normalized spacial score (nSPS) is 14.4. The van der Waals surface area contributed by atoms with Crippen molar-refractivity contribution in [1.82, 2.24) is 5.32 Å². The van der Waals surface area contributed by atoms with Gasteiger partial charge in [0.1, 0.15) is 0 Å². The highest BCUT2D eigenvalue weighted by molar-refractivity contribution is 6.30. The van der Waals surface area contributed by atoms with Gasteiger partial charge in [0.25, 0.3) is 0 Å². The van der Waals surface area contributed by atoms with E-state index in [0.29, 0.717) is 23.0 Å². The minimum absolute atomic E-state index is 0.128. The van der Waals surface area contributed by atoms with Crippen molar-refractivity contribution in [2.24, 2.45) is 5.92 Å². The Morgan fingerprint density at radius 3 is 2.37 bits per heavy atom. The fourth-order valence-corrected chi connectivity index (χ4v) is 1.89. The molecule has 0 radical (unpaired) electrons. The highest BCUT2D eigenvalue weighted by Gasteiger charge is 2.23. The number of hydrogen-bond acceptors (Lipinski definition) is 3. The summed E-state index contributed by atoms with van der Waals surface area (Å²) in [7, 11) is 0. The molecular formula is C14H20ClNO3. The van der Waals surface area contributed by atoms with Crippen LogP contribution in [0.25, 0.3) is 0 Å². The predicted octanol–water partition coefficient (Wildman–Crippen LogP) is 2.46. The number of nitrogens with one attached hydrogen (secondary N) is 1. The molecule has 0 fully saturated rings. The molecule has 0 heterocycles. The zero-order chi connectivity index (χ0) is 14.4. The lowest BCUT2D eigenvalue weighted by molar-refractivity contribution is -0.138. The maximum atomic E-state index is 10.9. The van der Waals surface area contributed by atoms with Crippen molar-refractivity contribution in [2.45, 2.75) is 32.4 Å². The van der Waals surface area contributed by atoms with Gasteiger partial charge in [-0.1, -0.05) is 37.6 Å². The van der Waals surface area contributed by atoms with Crippen molar-refractivity contribution >= 4 is 17.6 Å². The number of carboxylic acids is 1. The first kappa shape index (κ1) is 16.0. The molecule has 0 saturated carbocycles. The Morgan fingerprint density at radius 2 is 1.89 bits per heavy atom. The largest absolute Gasteiger partial charge is 0.481 e. The predicted molar refractivity (Wildman–Crippen MR) is 75.3 cm³/mol. The van der Waals surface area contributed by atoms with Crippen LogP contribution in [0.5, 0.6) is 0 Å². The second-order valence-corrected chi connectivity index (χ2v) is 5.44. The third-order valence-corrected chi connectivity index (χ3v) is 3.03. The fourth-order valence-electron chi connectivity index (χ4n) is 1.76. The highest BCUT2D eigenvalue weighted by Crippen LogP contribution is 2.21. The van der Waals surface area contributed by atoms with E-state index >= 15 is 0 Å². The van der Waals surface area contributed by atoms with E-state index in [1.54, 1.807) is 24.3 Å². The van der Waals surface area contributed by atoms with E-state index in [4.69, 9.17) is 16.7 Å². The molecule has 1 aromatic rings. The fraction of sp³-hybridized carbons (Fsp3) is 0.500. The monoisotopic (exact) mass is 285 g/mol. The zero-order valence-electron chi connectivity index (χ0n) is 11.1. The first-order valence-corrected chi connectivity index (χ1v) is 6.66. The Morgan fingerprint density at radius 1 is 1.32 bits per heavy atom. The summed E-state index contributed by atoms with van der Waals surface area (Å²) in [6.07, 6.45) is -0.997. The van der Waals surface area contributed by atoms with Gasteiger partial charge in [-0.15, -0.1) is 0 Å². The van der Waals surface area contributed by atoms with Gasteiger partial charge in [-0.3, -0.25) is 4.79 Å². The second kappa shape index (κ2) is 7.48. The molecule has 0 aliphatic rings. The molecule has 4 nitrogen and oxygen atoms in total. The minimum atomic E-state index is -0.936. The molecule has 19 heavy (non-hydrogen) atoms. The Labute approximate surface area is 118 Å². The Bertz CT molecular complexity index is 406. The lowest BCUT2D eigenvalue weighted by Crippen LogP contribution is -2.38. The molecule has 1 rings (SSSR count). The molecule has 1 aromatic carbocycles. The minimum Gasteiger partial charge on any atom is -0.481 e. The molecule has 0 aromatic heterocycles. The average Bonchev–Trinajstić information content (AvgIpc) is 2.34. The third-order valence-electron chi connectivity index (χ3n) is 2.78. The number of aliphatic hydroxyl groups is 1. The Kier molecular flexibility index (Phi) is 6.28. The molecular weight excluding hydrogens is 266 g/mol. The molecule has 0 spiro atoms. The van der Waals surface area contributed by atoms with Crippen molar-refractivity contribution in [2.75, 3.05) is 6.54 Å². The van der Waals surface area contributed by atoms with E-state index in [1.165, 1.54) is 0 Å². The number of hydrogen-bond donors (Lipinski definition) is 3. The van der Waals surface area contributed by atoms with Crippen LogP contribution in [-0.4, -0.2) is 28.8 Å². The summed E-state index contributed by atoms with van der Waals surface area (Å²) < 4.78 is 0. The number of aliphatic carboxylic acids is 1. The van der Waals surface area contributed by atoms with E-state index in [0.717, 1.165) is 0 Å². The zero-order valence-corrected chi connectivity index (χ0v) is 11.9. The quantitative estimate of drug-likeness (QED) is 0.720. The number of benzene rings is 1. The van der Waals surface area contributed by atoms with Gasteiger partial charge in [-0.25, -0.2) is 0 Å². The van der Waals surface area contributed by atoms with Crippen LogP contribution in [0.15, 0.2) is 24.3 Å². The smallest absolute Gasteiger partial charge is 0.305 e. The molecule has 5 heteroatoms. The van der Waals surface area contributed by atoms with Crippen molar-refractivity contribution < 1.29 is 15.0 Å². The van der Waals surface area contributed by atoms with Gasteiger partial charge in [0.05, 0.1) is 12.5 Å². The number of carbonyl (C=O) groups is 1. The summed E-state index contributed by atoms with van der Waals surface area (Å²) in [4.78, 5) is 10.9. The molecule has 2 unspecified atom stereocenters. The molecule has 106 valence electrons. The van der Waals surface area contributed by atoms with Crippen LogP contribution < -0.4 is 5.32 Å². The first-order chi connectivity index (χ1) is 8.90. The summed E-state index contributed by atoms with van der Waals surface area (Å²) in [6, 6.07) is 6.26. The van der Waals surface area contributed by atoms with Crippen molar-refractivity contribution in [1.29, 1.82) is 0 Å². The maximum Gasteiger partial charge on any atom is 0.305 e. The Balaban J connectivity index is 2.77. The molecule has 2 atom stereocenters. The SMILES string of the molecule is CC(C)CNC(CC(=O)O)C(O)c1ccc(Cl)cc1. The average molecular weight is 286 g/mol. The molecule has 0 aliphatic heterocycles. The van der Waals surface area contributed by atoms with Crippen LogP contribution in [0.3, 0.4) is 0 Å². The number of rotatable bonds is 7. The van der Waals surface area contributed by atoms with E-state index < -0.39 is 18.1 Å². The summed E-state index contributed by atoms with van der Waals surface area (Å²) in [5.41, 5.74) is 0.659. The molecule has 3 N–H and O–H groups in total. The summed E-state index contributed by atoms with van der Waals surface area (Å²) in [5.74, 6) is -0.553. The summed E-state index contributed by atoms with van der Waals surface area (Å²) in [5, 5.41) is 22.9. The summed E-state index contributed by atoms with van der Waals surface area (Å²) >= 11 is 5.79. The standard InChI is InChI=1S/C14H20ClNO3/c1-9(2)8-16-12(7-13(17)18)14(19)10-3-5-11(15)6-4-10/h3-6,9,12,14,16,19H,7-8H2,1-2H3,(H,17,18). The lowest BCUT2D eigenvalue weighted by atomic mass is 9.99. The molecule has 0 bridgehead atoms. The molecule has 0 saturated heterocycles. The van der Waals surface area contributed by atoms with Gasteiger partial charge in [-0.2, -0.15) is 0 Å². The van der Waals surface area contributed by atoms with E-state index in [-0.39, 0.29) is 6.42 Å². The highest BCUT2D eigenvalue weighted by atomic mass is 35.5. The van der Waals surface area contributed by atoms with Crippen LogP contribution in [0, 0.1) is 5.92 Å². The van der Waals surface area contributed by atoms with Crippen LogP contribution >= 0.6 is 11.6 Å². The van der Waals surface area contributed by atoms with Crippen LogP contribution in [0.2, 0.25) is 5.02 Å². The van der Waals surface area contributed by atoms with E-state index in [1.807, 2.05) is 13.8 Å². The lowest BCUT2D eigenvalue weighted by Gasteiger charge is -2.24. The molecule has 0 amide bonds. The van der Waals surface area contributed by atoms with Gasteiger partial charge in [0, 0.05) is 11.1 Å². The van der Waals surface area contributed by atoms with E-state index in [2.05, 4.69) is 5.32 Å². The van der Waals surface area contributed by atoms with Crippen molar-refractivity contribution in [3.8, 4) is 0 Å². The number of carboxylic acid groups (broad SMARTS) is 1. The second-order valence-electron chi connectivity index (χ2n) is 5.00. The third kappa shape index (κ3) is 5.59. The van der Waals surface area contributed by atoms with Crippen molar-refractivity contribution in [3.05, 3.63) is 34.9 Å². The number of halogens is 1. The van der Waals surface area contributed by atoms with Crippen LogP contribution in [0.4, 0.5) is 0 Å². The maximum absolute atomic E-state index is 10.9. The Hall–Kier alpha value is -1.10. The van der Waals surface area contributed by atoms with Gasteiger partial charge in [-0.05, 0) is 30.2 Å². The van der Waals surface area contributed by atoms with Gasteiger partial charge in [0.2, 0.25) is 0 Å². The van der Waals surface area contributed by atoms with Gasteiger partial charge >= 0.3 is 5.97 Å². The van der Waals surface area contributed by atoms with Crippen LogP contribution in [0.1, 0.15) is 31.9 Å². The van der Waals surface area contributed by atoms with E-state index in [9.17, 15) is 9.90 Å². The first-order valence-electron chi connectivity index (χ1n) is 6.29. The van der Waals surface area contributed by atoms with Crippen LogP contribution in [-0.2, 0) is 4.79 Å². The number of aliphatic hydroxyl groups excluding tert-OH is 1. The molecule has 0 aliphatic carbocycles. The topological polar surface area (TPSA) is 69.6 Å². The van der Waals surface area contributed by atoms with Gasteiger partial charge in [0.15, 0.2) is 0 Å². The summed E-state index contributed by atoms with van der Waals surface area (Å²) in [6.45, 7) is 4.71. The van der Waals surface area contributed by atoms with Gasteiger partial charge < -0.3 is 15.5 Å².